The fourth-order valence-corrected chi connectivity index (χ4v) is 3.67. The molecule has 2 aliphatic heterocycles. The number of ether oxygens (including phenoxy) is 1. The van der Waals surface area contributed by atoms with E-state index in [1.807, 2.05) is 11.6 Å². The smallest absolute Gasteiger partial charge is 0.273 e. The third-order valence-corrected chi connectivity index (χ3v) is 5.02. The second-order valence-electron chi connectivity index (χ2n) is 7.59. The lowest BCUT2D eigenvalue weighted by Gasteiger charge is -2.38. The Balaban J connectivity index is 0.00000182. The van der Waals surface area contributed by atoms with Crippen molar-refractivity contribution < 1.29 is 9.53 Å². The largest absolute Gasteiger partial charge is 0.373 e. The molecule has 0 radical (unpaired) electrons. The summed E-state index contributed by atoms with van der Waals surface area (Å²) in [6.07, 6.45) is 2.05. The summed E-state index contributed by atoms with van der Waals surface area (Å²) in [6, 6.07) is 0.339. The number of aromatic nitrogens is 3. The van der Waals surface area contributed by atoms with Crippen molar-refractivity contribution in [2.75, 3.05) is 45.9 Å². The molecule has 0 saturated carbocycles. The third-order valence-electron chi connectivity index (χ3n) is 5.02. The van der Waals surface area contributed by atoms with Gasteiger partial charge < -0.3 is 15.4 Å². The first-order valence-corrected chi connectivity index (χ1v) is 9.23. The van der Waals surface area contributed by atoms with Crippen LogP contribution in [0.15, 0.2) is 0 Å². The summed E-state index contributed by atoms with van der Waals surface area (Å²) in [7, 11) is 0. The zero-order valence-electron chi connectivity index (χ0n) is 16.4. The first-order chi connectivity index (χ1) is 12.0. The van der Waals surface area contributed by atoms with Crippen molar-refractivity contribution in [3.8, 4) is 0 Å². The summed E-state index contributed by atoms with van der Waals surface area (Å²) < 4.78 is 7.63. The number of morpholine rings is 1. The van der Waals surface area contributed by atoms with Crippen LogP contribution in [-0.2, 0) is 4.74 Å². The highest BCUT2D eigenvalue weighted by molar-refractivity contribution is 5.93. The Hall–Kier alpha value is -0.930. The maximum atomic E-state index is 12.4. The SMILES string of the molecule is Cc1c(C(=O)NCCN2CCOC(C)(C)C2)nnn1C1CCNCC1.Cl.Cl. The average molecular weight is 423 g/mol. The molecular weight excluding hydrogens is 391 g/mol. The van der Waals surface area contributed by atoms with Gasteiger partial charge >= 0.3 is 0 Å². The van der Waals surface area contributed by atoms with Crippen molar-refractivity contribution in [3.05, 3.63) is 11.4 Å². The molecule has 3 rings (SSSR count). The minimum atomic E-state index is -0.134. The van der Waals surface area contributed by atoms with Crippen LogP contribution in [0.1, 0.15) is 48.9 Å². The summed E-state index contributed by atoms with van der Waals surface area (Å²) in [5.74, 6) is -0.134. The number of halogens is 2. The summed E-state index contributed by atoms with van der Waals surface area (Å²) in [5, 5.41) is 14.7. The Morgan fingerprint density at radius 2 is 2.04 bits per heavy atom. The van der Waals surface area contributed by atoms with E-state index in [0.29, 0.717) is 18.3 Å². The van der Waals surface area contributed by atoms with E-state index in [2.05, 4.69) is 39.7 Å². The highest BCUT2D eigenvalue weighted by atomic mass is 35.5. The van der Waals surface area contributed by atoms with Gasteiger partial charge in [-0.1, -0.05) is 5.21 Å². The minimum absolute atomic E-state index is 0. The van der Waals surface area contributed by atoms with E-state index in [-0.39, 0.29) is 36.3 Å². The molecule has 1 aromatic rings. The van der Waals surface area contributed by atoms with Crippen LogP contribution in [-0.4, -0.2) is 77.3 Å². The van der Waals surface area contributed by atoms with Gasteiger partial charge in [0.05, 0.1) is 23.9 Å². The predicted molar refractivity (Wildman–Crippen MR) is 109 cm³/mol. The van der Waals surface area contributed by atoms with Gasteiger partial charge in [0.25, 0.3) is 5.91 Å². The van der Waals surface area contributed by atoms with Gasteiger partial charge in [-0.05, 0) is 46.7 Å². The van der Waals surface area contributed by atoms with E-state index in [4.69, 9.17) is 4.74 Å². The Morgan fingerprint density at radius 1 is 1.33 bits per heavy atom. The van der Waals surface area contributed by atoms with Crippen molar-refractivity contribution in [1.29, 1.82) is 0 Å². The molecule has 2 saturated heterocycles. The summed E-state index contributed by atoms with van der Waals surface area (Å²) >= 11 is 0. The van der Waals surface area contributed by atoms with Crippen LogP contribution in [0.2, 0.25) is 0 Å². The summed E-state index contributed by atoms with van der Waals surface area (Å²) in [5.41, 5.74) is 1.19. The topological polar surface area (TPSA) is 84.3 Å². The Labute approximate surface area is 173 Å². The van der Waals surface area contributed by atoms with Crippen LogP contribution in [0.25, 0.3) is 0 Å². The van der Waals surface area contributed by atoms with Gasteiger partial charge in [-0.15, -0.1) is 29.9 Å². The monoisotopic (exact) mass is 422 g/mol. The zero-order chi connectivity index (χ0) is 17.9. The van der Waals surface area contributed by atoms with Crippen LogP contribution in [0.5, 0.6) is 0 Å². The molecular formula is C17H32Cl2N6O2. The fourth-order valence-electron chi connectivity index (χ4n) is 3.67. The highest BCUT2D eigenvalue weighted by Gasteiger charge is 2.27. The van der Waals surface area contributed by atoms with E-state index >= 15 is 0 Å². The molecule has 156 valence electrons. The van der Waals surface area contributed by atoms with Gasteiger partial charge in [0, 0.05) is 26.2 Å². The lowest BCUT2D eigenvalue weighted by molar-refractivity contribution is -0.0853. The summed E-state index contributed by atoms with van der Waals surface area (Å²) in [4.78, 5) is 14.8. The molecule has 10 heteroatoms. The molecule has 0 atom stereocenters. The zero-order valence-corrected chi connectivity index (χ0v) is 18.0. The number of nitrogens with zero attached hydrogens (tertiary/aromatic N) is 4. The van der Waals surface area contributed by atoms with Crippen molar-refractivity contribution in [3.63, 3.8) is 0 Å². The van der Waals surface area contributed by atoms with E-state index in [1.54, 1.807) is 0 Å². The van der Waals surface area contributed by atoms with Gasteiger partial charge in [0.1, 0.15) is 0 Å². The van der Waals surface area contributed by atoms with Gasteiger partial charge in [-0.2, -0.15) is 0 Å². The Bertz CT molecular complexity index is 604. The fraction of sp³-hybridized carbons (Fsp3) is 0.824. The number of rotatable bonds is 5. The molecule has 2 N–H and O–H groups in total. The molecule has 0 aromatic carbocycles. The van der Waals surface area contributed by atoms with E-state index < -0.39 is 0 Å². The number of nitrogens with one attached hydrogen (secondary N) is 2. The standard InChI is InChI=1S/C17H30N6O2.2ClH/c1-13-15(20-21-23(13)14-4-6-18-7-5-14)16(24)19-8-9-22-10-11-25-17(2,3)12-22;;/h14,18H,4-12H2,1-3H3,(H,19,24);2*1H. The highest BCUT2D eigenvalue weighted by Crippen LogP contribution is 2.20. The molecule has 0 bridgehead atoms. The van der Waals surface area contributed by atoms with Gasteiger partial charge in [0.15, 0.2) is 5.69 Å². The third kappa shape index (κ3) is 6.29. The maximum absolute atomic E-state index is 12.4. The number of hydrogen-bond donors (Lipinski definition) is 2. The molecule has 0 aliphatic carbocycles. The van der Waals surface area contributed by atoms with Crippen LogP contribution in [0.3, 0.4) is 0 Å². The van der Waals surface area contributed by atoms with Crippen LogP contribution >= 0.6 is 24.8 Å². The van der Waals surface area contributed by atoms with Crippen LogP contribution in [0, 0.1) is 6.92 Å². The van der Waals surface area contributed by atoms with E-state index in [1.165, 1.54) is 0 Å². The van der Waals surface area contributed by atoms with Crippen LogP contribution < -0.4 is 10.6 Å². The second-order valence-corrected chi connectivity index (χ2v) is 7.59. The second kappa shape index (κ2) is 10.6. The van der Waals surface area contributed by atoms with Gasteiger partial charge in [-0.3, -0.25) is 9.69 Å². The Kier molecular flexibility index (Phi) is 9.44. The molecule has 1 aromatic heterocycles. The molecule has 2 fully saturated rings. The summed E-state index contributed by atoms with van der Waals surface area (Å²) in [6.45, 7) is 12.1. The number of hydrogen-bond acceptors (Lipinski definition) is 6. The maximum Gasteiger partial charge on any atom is 0.273 e. The molecule has 0 spiro atoms. The van der Waals surface area contributed by atoms with Crippen molar-refractivity contribution in [1.82, 2.24) is 30.5 Å². The lowest BCUT2D eigenvalue weighted by Crippen LogP contribution is -2.50. The molecule has 8 nitrogen and oxygen atoms in total. The van der Waals surface area contributed by atoms with Gasteiger partial charge in [-0.25, -0.2) is 4.68 Å². The van der Waals surface area contributed by atoms with Crippen molar-refractivity contribution in [2.24, 2.45) is 0 Å². The van der Waals surface area contributed by atoms with Crippen molar-refractivity contribution in [2.45, 2.75) is 45.3 Å². The molecule has 27 heavy (non-hydrogen) atoms. The average Bonchev–Trinajstić information content (AvgIpc) is 2.96. The first kappa shape index (κ1) is 24.1. The molecule has 3 heterocycles. The Morgan fingerprint density at radius 3 is 2.70 bits per heavy atom. The van der Waals surface area contributed by atoms with Crippen molar-refractivity contribution >= 4 is 30.7 Å². The lowest BCUT2D eigenvalue weighted by atomic mass is 10.1. The molecule has 2 aliphatic rings. The quantitative estimate of drug-likeness (QED) is 0.741. The minimum Gasteiger partial charge on any atom is -0.373 e. The molecule has 1 amide bonds. The first-order valence-electron chi connectivity index (χ1n) is 9.23. The van der Waals surface area contributed by atoms with E-state index in [9.17, 15) is 4.79 Å². The normalized spacial score (nSPS) is 20.4. The molecule has 0 unspecified atom stereocenters. The number of carbonyl (C=O) groups excluding carboxylic acids is 1. The predicted octanol–water partition coefficient (Wildman–Crippen LogP) is 1.20. The van der Waals surface area contributed by atoms with E-state index in [0.717, 1.165) is 57.9 Å². The number of amides is 1. The number of piperidine rings is 1. The van der Waals surface area contributed by atoms with Crippen LogP contribution in [0.4, 0.5) is 0 Å². The number of carbonyl (C=O) groups is 1. The van der Waals surface area contributed by atoms with Gasteiger partial charge in [0.2, 0.25) is 0 Å².